The predicted molar refractivity (Wildman–Crippen MR) is 87.5 cm³/mol. The van der Waals surface area contributed by atoms with E-state index in [2.05, 4.69) is 20.2 Å². The van der Waals surface area contributed by atoms with Crippen molar-refractivity contribution in [3.8, 4) is 6.07 Å². The molecule has 3 rings (SSSR count). The number of H-pyrrole nitrogens is 3. The molecular weight excluding hydrogens is 332 g/mol. The van der Waals surface area contributed by atoms with Gasteiger partial charge in [0.1, 0.15) is 17.4 Å². The molecule has 0 aliphatic heterocycles. The number of nitrogens with one attached hydrogen (secondary N) is 3. The maximum atomic E-state index is 11.5. The van der Waals surface area contributed by atoms with E-state index in [-0.39, 0.29) is 27.9 Å². The average molecular weight is 342 g/mol. The predicted octanol–water partition coefficient (Wildman–Crippen LogP) is 0.919. The number of aromatic nitrogens is 5. The second kappa shape index (κ2) is 6.43. The number of rotatable bonds is 4. The van der Waals surface area contributed by atoms with Crippen LogP contribution < -0.4 is 11.2 Å². The molecule has 0 atom stereocenters. The van der Waals surface area contributed by atoms with Crippen LogP contribution in [0, 0.1) is 11.3 Å². The zero-order chi connectivity index (χ0) is 17.1. The largest absolute Gasteiger partial charge is 0.510 e. The second-order valence-electron chi connectivity index (χ2n) is 4.64. The molecule has 0 fully saturated rings. The van der Waals surface area contributed by atoms with E-state index in [4.69, 9.17) is 0 Å². The van der Waals surface area contributed by atoms with Crippen molar-refractivity contribution in [1.82, 2.24) is 25.1 Å². The van der Waals surface area contributed by atoms with Gasteiger partial charge in [-0.15, -0.1) is 0 Å². The first kappa shape index (κ1) is 15.6. The number of aliphatic hydroxyl groups excluding tert-OH is 1. The molecule has 0 unspecified atom stereocenters. The fraction of sp³-hybridized carbons (Fsp3) is 0.0714. The Kier molecular flexibility index (Phi) is 4.17. The number of imidazole rings is 1. The molecule has 0 bridgehead atoms. The highest BCUT2D eigenvalue weighted by Crippen LogP contribution is 2.21. The summed E-state index contributed by atoms with van der Waals surface area (Å²) in [7, 11) is 0. The number of thioether (sulfide) groups is 1. The van der Waals surface area contributed by atoms with Crippen LogP contribution in [-0.4, -0.2) is 36.0 Å². The summed E-state index contributed by atoms with van der Waals surface area (Å²) < 4.78 is 0. The van der Waals surface area contributed by atoms with Crippen LogP contribution in [0.1, 0.15) is 5.82 Å². The van der Waals surface area contributed by atoms with E-state index >= 15 is 0 Å². The van der Waals surface area contributed by atoms with Gasteiger partial charge in [0, 0.05) is 0 Å². The number of hydrogen-bond acceptors (Lipinski definition) is 7. The van der Waals surface area contributed by atoms with Crippen molar-refractivity contribution in [2.24, 2.45) is 0 Å². The van der Waals surface area contributed by atoms with Crippen molar-refractivity contribution in [3.63, 3.8) is 0 Å². The Balaban J connectivity index is 1.89. The number of aromatic amines is 3. The van der Waals surface area contributed by atoms with Crippen LogP contribution in [0.25, 0.3) is 16.6 Å². The maximum Gasteiger partial charge on any atom is 0.342 e. The molecular formula is C14H10N6O3S. The van der Waals surface area contributed by atoms with Gasteiger partial charge in [-0.3, -0.25) is 9.78 Å². The van der Waals surface area contributed by atoms with Gasteiger partial charge in [0.2, 0.25) is 0 Å². The van der Waals surface area contributed by atoms with Gasteiger partial charge in [-0.05, 0) is 12.1 Å². The minimum absolute atomic E-state index is 0.0250. The van der Waals surface area contributed by atoms with Crippen LogP contribution in [0.5, 0.6) is 0 Å². The topological polar surface area (TPSA) is 151 Å². The van der Waals surface area contributed by atoms with Crippen molar-refractivity contribution in [1.29, 1.82) is 5.26 Å². The molecule has 24 heavy (non-hydrogen) atoms. The molecule has 0 radical (unpaired) electrons. The summed E-state index contributed by atoms with van der Waals surface area (Å²) in [5, 5.41) is 25.1. The minimum Gasteiger partial charge on any atom is -0.510 e. The van der Waals surface area contributed by atoms with Gasteiger partial charge in [-0.2, -0.15) is 10.4 Å². The molecule has 0 saturated heterocycles. The lowest BCUT2D eigenvalue weighted by Crippen LogP contribution is -2.25. The first-order valence-corrected chi connectivity index (χ1v) is 7.66. The Bertz CT molecular complexity index is 1050. The molecule has 0 aliphatic carbocycles. The molecule has 2 heterocycles. The SMILES string of the molecule is N#CC(=C(O)CSc1n[nH]c(=O)[nH]c1=O)c1nc2ccccc2[nH]1. The standard InChI is InChI=1S/C14H10N6O3S/c15-5-7(11-16-8-3-1-2-4-9(8)17-11)10(21)6-24-13-12(22)18-14(23)20-19-13/h1-4,21H,6H2,(H,16,17)(H2,18,20,22,23). The number of fused-ring (bicyclic) bond motifs is 1. The van der Waals surface area contributed by atoms with Crippen LogP contribution >= 0.6 is 11.8 Å². The molecule has 2 aromatic heterocycles. The Morgan fingerprint density at radius 3 is 2.79 bits per heavy atom. The smallest absolute Gasteiger partial charge is 0.342 e. The highest BCUT2D eigenvalue weighted by atomic mass is 32.2. The first-order chi connectivity index (χ1) is 11.6. The van der Waals surface area contributed by atoms with Crippen molar-refractivity contribution < 1.29 is 5.11 Å². The van der Waals surface area contributed by atoms with Crippen molar-refractivity contribution in [2.75, 3.05) is 5.75 Å². The number of nitriles is 1. The molecule has 0 aliphatic rings. The van der Waals surface area contributed by atoms with E-state index in [0.717, 1.165) is 17.3 Å². The molecule has 10 heteroatoms. The van der Waals surface area contributed by atoms with Crippen molar-refractivity contribution in [3.05, 3.63) is 56.7 Å². The van der Waals surface area contributed by atoms with E-state index < -0.39 is 11.2 Å². The van der Waals surface area contributed by atoms with Gasteiger partial charge in [-0.25, -0.2) is 14.9 Å². The lowest BCUT2D eigenvalue weighted by molar-refractivity contribution is 0.420. The summed E-state index contributed by atoms with van der Waals surface area (Å²) in [6.07, 6.45) is 0. The summed E-state index contributed by atoms with van der Waals surface area (Å²) in [4.78, 5) is 31.7. The summed E-state index contributed by atoms with van der Waals surface area (Å²) in [6, 6.07) is 9.11. The normalized spacial score (nSPS) is 12.0. The van der Waals surface area contributed by atoms with Crippen molar-refractivity contribution >= 4 is 28.4 Å². The monoisotopic (exact) mass is 342 g/mol. The third kappa shape index (κ3) is 3.06. The zero-order valence-corrected chi connectivity index (χ0v) is 12.8. The van der Waals surface area contributed by atoms with E-state index in [1.807, 2.05) is 23.2 Å². The second-order valence-corrected chi connectivity index (χ2v) is 5.60. The molecule has 1 aromatic carbocycles. The number of nitrogens with zero attached hydrogens (tertiary/aromatic N) is 3. The van der Waals surface area contributed by atoms with Crippen LogP contribution in [0.2, 0.25) is 0 Å². The molecule has 0 amide bonds. The van der Waals surface area contributed by atoms with E-state index in [9.17, 15) is 20.0 Å². The number of hydrogen-bond donors (Lipinski definition) is 4. The molecule has 120 valence electrons. The van der Waals surface area contributed by atoms with Crippen LogP contribution in [0.3, 0.4) is 0 Å². The number of aliphatic hydroxyl groups is 1. The maximum absolute atomic E-state index is 11.5. The summed E-state index contributed by atoms with van der Waals surface area (Å²) in [6.45, 7) is 0. The molecule has 4 N–H and O–H groups in total. The Labute approximate surface area is 138 Å². The summed E-state index contributed by atoms with van der Waals surface area (Å²) in [5.41, 5.74) is -0.0126. The quantitative estimate of drug-likeness (QED) is 0.312. The van der Waals surface area contributed by atoms with E-state index in [1.165, 1.54) is 0 Å². The highest BCUT2D eigenvalue weighted by Gasteiger charge is 2.14. The van der Waals surface area contributed by atoms with E-state index in [0.29, 0.717) is 5.52 Å². The van der Waals surface area contributed by atoms with E-state index in [1.54, 1.807) is 12.1 Å². The third-order valence-corrected chi connectivity index (χ3v) is 4.02. The van der Waals surface area contributed by atoms with Gasteiger partial charge in [0.05, 0.1) is 16.8 Å². The fourth-order valence-electron chi connectivity index (χ4n) is 1.97. The summed E-state index contributed by atoms with van der Waals surface area (Å²) in [5.74, 6) is -0.101. The van der Waals surface area contributed by atoms with Gasteiger partial charge in [0.25, 0.3) is 5.56 Å². The van der Waals surface area contributed by atoms with Crippen LogP contribution in [0.15, 0.2) is 44.6 Å². The van der Waals surface area contributed by atoms with Gasteiger partial charge in [0.15, 0.2) is 10.9 Å². The number of para-hydroxylation sites is 2. The lowest BCUT2D eigenvalue weighted by Gasteiger charge is -2.01. The van der Waals surface area contributed by atoms with Gasteiger partial charge >= 0.3 is 5.69 Å². The van der Waals surface area contributed by atoms with Crippen LogP contribution in [0.4, 0.5) is 0 Å². The fourth-order valence-corrected chi connectivity index (χ4v) is 2.68. The van der Waals surface area contributed by atoms with Crippen molar-refractivity contribution in [2.45, 2.75) is 5.03 Å². The summed E-state index contributed by atoms with van der Waals surface area (Å²) >= 11 is 0.883. The Hall–Kier alpha value is -3.32. The molecule has 0 spiro atoms. The zero-order valence-electron chi connectivity index (χ0n) is 12.0. The third-order valence-electron chi connectivity index (χ3n) is 3.05. The minimum atomic E-state index is -0.718. The molecule has 9 nitrogen and oxygen atoms in total. The molecule has 0 saturated carbocycles. The lowest BCUT2D eigenvalue weighted by atomic mass is 10.2. The number of allylic oxidation sites excluding steroid dienone is 1. The highest BCUT2D eigenvalue weighted by molar-refractivity contribution is 7.99. The first-order valence-electron chi connectivity index (χ1n) is 6.67. The Morgan fingerprint density at radius 1 is 1.29 bits per heavy atom. The van der Waals surface area contributed by atoms with Gasteiger partial charge < -0.3 is 10.1 Å². The van der Waals surface area contributed by atoms with Crippen LogP contribution in [-0.2, 0) is 0 Å². The Morgan fingerprint density at radius 2 is 2.08 bits per heavy atom. The number of benzene rings is 1. The molecule has 3 aromatic rings. The average Bonchev–Trinajstić information content (AvgIpc) is 2.98. The van der Waals surface area contributed by atoms with Gasteiger partial charge in [-0.1, -0.05) is 23.9 Å².